The van der Waals surface area contributed by atoms with Crippen LogP contribution < -0.4 is 4.90 Å². The minimum absolute atomic E-state index is 0.320. The lowest BCUT2D eigenvalue weighted by atomic mass is 10.3. The fourth-order valence-corrected chi connectivity index (χ4v) is 2.04. The topological polar surface area (TPSA) is 59.7 Å². The monoisotopic (exact) mass is 280 g/mol. The summed E-state index contributed by atoms with van der Waals surface area (Å²) in [6, 6.07) is 0.320. The van der Waals surface area contributed by atoms with E-state index in [1.807, 2.05) is 23.4 Å². The second-order valence-corrected chi connectivity index (χ2v) is 5.10. The van der Waals surface area contributed by atoms with Gasteiger partial charge in [-0.25, -0.2) is 9.97 Å². The first-order chi connectivity index (χ1) is 8.99. The highest BCUT2D eigenvalue weighted by atomic mass is 35.5. The molecule has 0 radical (unpaired) electrons. The van der Waals surface area contributed by atoms with Crippen LogP contribution in [0.25, 0.3) is 0 Å². The molecule has 2 rings (SSSR count). The molecule has 0 fully saturated rings. The number of rotatable bonds is 4. The second-order valence-electron chi connectivity index (χ2n) is 4.69. The van der Waals surface area contributed by atoms with Crippen LogP contribution in [0.1, 0.15) is 31.5 Å². The molecule has 0 aliphatic heterocycles. The van der Waals surface area contributed by atoms with Crippen molar-refractivity contribution in [2.24, 2.45) is 0 Å². The Labute approximate surface area is 117 Å². The van der Waals surface area contributed by atoms with Crippen LogP contribution in [0.2, 0.25) is 5.02 Å². The molecule has 0 unspecified atom stereocenters. The Morgan fingerprint density at radius 3 is 2.84 bits per heavy atom. The van der Waals surface area contributed by atoms with Crippen LogP contribution in [0, 0.1) is 6.92 Å². The van der Waals surface area contributed by atoms with E-state index in [0.29, 0.717) is 29.3 Å². The van der Waals surface area contributed by atoms with Gasteiger partial charge in [-0.1, -0.05) is 11.6 Å². The van der Waals surface area contributed by atoms with E-state index < -0.39 is 0 Å². The summed E-state index contributed by atoms with van der Waals surface area (Å²) in [5.74, 6) is 2.27. The number of hydrogen-bond donors (Lipinski definition) is 0. The third kappa shape index (κ3) is 3.01. The summed E-state index contributed by atoms with van der Waals surface area (Å²) in [4.78, 5) is 10.4. The molecule has 2 aromatic heterocycles. The van der Waals surface area contributed by atoms with Gasteiger partial charge >= 0.3 is 0 Å². The predicted octanol–water partition coefficient (Wildman–Crippen LogP) is 2.25. The molecule has 0 N–H and O–H groups in total. The summed E-state index contributed by atoms with van der Waals surface area (Å²) in [5.41, 5.74) is 0. The minimum Gasteiger partial charge on any atom is -0.351 e. The Balaban J connectivity index is 2.23. The molecule has 0 spiro atoms. The Morgan fingerprint density at radius 2 is 2.16 bits per heavy atom. The van der Waals surface area contributed by atoms with Crippen molar-refractivity contribution >= 4 is 17.4 Å². The lowest BCUT2D eigenvalue weighted by Crippen LogP contribution is -2.22. The van der Waals surface area contributed by atoms with Gasteiger partial charge in [0, 0.05) is 13.1 Å². The summed E-state index contributed by atoms with van der Waals surface area (Å²) >= 11 is 6.12. The van der Waals surface area contributed by atoms with E-state index in [0.717, 1.165) is 5.82 Å². The highest BCUT2D eigenvalue weighted by Gasteiger charge is 2.14. The largest absolute Gasteiger partial charge is 0.351 e. The molecule has 0 aromatic carbocycles. The molecule has 6 nitrogen and oxygen atoms in total. The van der Waals surface area contributed by atoms with Gasteiger partial charge in [0.2, 0.25) is 0 Å². The fraction of sp³-hybridized carbons (Fsp3) is 0.500. The molecular formula is C12H17ClN6. The number of aryl methyl sites for hydroxylation is 1. The van der Waals surface area contributed by atoms with Crippen molar-refractivity contribution in [2.45, 2.75) is 33.4 Å². The summed E-state index contributed by atoms with van der Waals surface area (Å²) < 4.78 is 2.03. The van der Waals surface area contributed by atoms with Crippen LogP contribution in [-0.4, -0.2) is 31.8 Å². The molecule has 2 aromatic rings. The molecule has 0 aliphatic carbocycles. The molecule has 0 atom stereocenters. The Bertz CT molecular complexity index is 565. The zero-order valence-electron chi connectivity index (χ0n) is 11.5. The summed E-state index contributed by atoms with van der Waals surface area (Å²) in [5, 5.41) is 8.62. The molecule has 0 bridgehead atoms. The van der Waals surface area contributed by atoms with E-state index in [1.54, 1.807) is 12.5 Å². The van der Waals surface area contributed by atoms with Crippen molar-refractivity contribution in [2.75, 3.05) is 11.9 Å². The number of aromatic nitrogens is 5. The average Bonchev–Trinajstić information content (AvgIpc) is 2.80. The molecule has 102 valence electrons. The highest BCUT2D eigenvalue weighted by molar-refractivity contribution is 6.32. The van der Waals surface area contributed by atoms with Crippen molar-refractivity contribution < 1.29 is 0 Å². The molecule has 19 heavy (non-hydrogen) atoms. The van der Waals surface area contributed by atoms with Gasteiger partial charge in [-0.3, -0.25) is 0 Å². The normalized spacial score (nSPS) is 11.1. The van der Waals surface area contributed by atoms with Crippen molar-refractivity contribution in [3.8, 4) is 0 Å². The zero-order chi connectivity index (χ0) is 14.0. The smallest absolute Gasteiger partial charge is 0.152 e. The maximum Gasteiger partial charge on any atom is 0.152 e. The summed E-state index contributed by atoms with van der Waals surface area (Å²) in [7, 11) is 1.92. The van der Waals surface area contributed by atoms with Crippen molar-refractivity contribution in [1.29, 1.82) is 0 Å². The Hall–Kier alpha value is -1.69. The van der Waals surface area contributed by atoms with Gasteiger partial charge < -0.3 is 9.47 Å². The van der Waals surface area contributed by atoms with Crippen LogP contribution in [0.4, 0.5) is 5.82 Å². The van der Waals surface area contributed by atoms with E-state index in [-0.39, 0.29) is 0 Å². The quantitative estimate of drug-likeness (QED) is 0.860. The Kier molecular flexibility index (Phi) is 3.99. The van der Waals surface area contributed by atoms with E-state index >= 15 is 0 Å². The predicted molar refractivity (Wildman–Crippen MR) is 74.3 cm³/mol. The highest BCUT2D eigenvalue weighted by Crippen LogP contribution is 2.22. The standard InChI is InChI=1S/C12H17ClN6/c1-8(2)19-7-15-17-11(19)6-18(4)12-10(13)5-14-9(3)16-12/h5,7-8H,6H2,1-4H3. The number of hydrogen-bond acceptors (Lipinski definition) is 5. The van der Waals surface area contributed by atoms with Crippen LogP contribution >= 0.6 is 11.6 Å². The maximum absolute atomic E-state index is 6.12. The van der Waals surface area contributed by atoms with E-state index in [4.69, 9.17) is 11.6 Å². The van der Waals surface area contributed by atoms with Crippen molar-refractivity contribution in [3.63, 3.8) is 0 Å². The second kappa shape index (κ2) is 5.52. The van der Waals surface area contributed by atoms with E-state index in [2.05, 4.69) is 34.0 Å². The van der Waals surface area contributed by atoms with E-state index in [9.17, 15) is 0 Å². The number of anilines is 1. The first-order valence-corrected chi connectivity index (χ1v) is 6.45. The van der Waals surface area contributed by atoms with Crippen LogP contribution in [0.5, 0.6) is 0 Å². The van der Waals surface area contributed by atoms with E-state index in [1.165, 1.54) is 0 Å². The Morgan fingerprint density at radius 1 is 1.42 bits per heavy atom. The molecule has 7 heteroatoms. The van der Waals surface area contributed by atoms with Crippen LogP contribution in [0.15, 0.2) is 12.5 Å². The third-order valence-electron chi connectivity index (χ3n) is 2.79. The minimum atomic E-state index is 0.320. The summed E-state index contributed by atoms with van der Waals surface area (Å²) in [6.45, 7) is 6.61. The first kappa shape index (κ1) is 13.7. The third-order valence-corrected chi connectivity index (χ3v) is 3.06. The molecular weight excluding hydrogens is 264 g/mol. The molecule has 0 saturated carbocycles. The summed E-state index contributed by atoms with van der Waals surface area (Å²) in [6.07, 6.45) is 3.35. The number of nitrogens with zero attached hydrogens (tertiary/aromatic N) is 6. The van der Waals surface area contributed by atoms with Gasteiger partial charge in [-0.15, -0.1) is 10.2 Å². The number of halogens is 1. The van der Waals surface area contributed by atoms with Crippen molar-refractivity contribution in [1.82, 2.24) is 24.7 Å². The van der Waals surface area contributed by atoms with Crippen LogP contribution in [-0.2, 0) is 6.54 Å². The molecule has 0 aliphatic rings. The lowest BCUT2D eigenvalue weighted by Gasteiger charge is -2.20. The fourth-order valence-electron chi connectivity index (χ4n) is 1.81. The average molecular weight is 281 g/mol. The molecule has 0 saturated heterocycles. The molecule has 0 amide bonds. The first-order valence-electron chi connectivity index (χ1n) is 6.07. The van der Waals surface area contributed by atoms with Gasteiger partial charge in [0.15, 0.2) is 11.6 Å². The SMILES string of the molecule is Cc1ncc(Cl)c(N(C)Cc2nncn2C(C)C)n1. The lowest BCUT2D eigenvalue weighted by molar-refractivity contribution is 0.564. The maximum atomic E-state index is 6.12. The van der Waals surface area contributed by atoms with Crippen molar-refractivity contribution in [3.05, 3.63) is 29.2 Å². The van der Waals surface area contributed by atoms with Gasteiger partial charge in [0.25, 0.3) is 0 Å². The van der Waals surface area contributed by atoms with Gasteiger partial charge in [0.05, 0.1) is 12.7 Å². The van der Waals surface area contributed by atoms with Crippen LogP contribution in [0.3, 0.4) is 0 Å². The zero-order valence-corrected chi connectivity index (χ0v) is 12.3. The van der Waals surface area contributed by atoms with Gasteiger partial charge in [-0.2, -0.15) is 0 Å². The van der Waals surface area contributed by atoms with Gasteiger partial charge in [-0.05, 0) is 20.8 Å². The van der Waals surface area contributed by atoms with Gasteiger partial charge in [0.1, 0.15) is 17.2 Å². The molecule has 2 heterocycles.